The van der Waals surface area contributed by atoms with E-state index in [0.717, 1.165) is 6.42 Å². The van der Waals surface area contributed by atoms with Crippen LogP contribution in [0.2, 0.25) is 0 Å². The summed E-state index contributed by atoms with van der Waals surface area (Å²) in [6.45, 7) is 0. The second-order valence-corrected chi connectivity index (χ2v) is 1.83. The topological polar surface area (TPSA) is 38.3 Å². The maximum absolute atomic E-state index is 10.4. The number of carbonyl (C=O) groups is 1. The SMILES string of the molecule is COC1CCC(=O)N1. The number of carbonyl (C=O) groups excluding carboxylic acids is 1. The smallest absolute Gasteiger partial charge is 0.222 e. The fourth-order valence-corrected chi connectivity index (χ4v) is 0.763. The number of hydrogen-bond donors (Lipinski definition) is 1. The Balaban J connectivity index is 2.32. The Morgan fingerprint density at radius 1 is 1.88 bits per heavy atom. The van der Waals surface area contributed by atoms with Gasteiger partial charge < -0.3 is 10.1 Å². The van der Waals surface area contributed by atoms with Crippen molar-refractivity contribution in [2.45, 2.75) is 19.1 Å². The molecule has 3 heteroatoms. The normalized spacial score (nSPS) is 28.1. The molecule has 1 fully saturated rings. The molecule has 1 aliphatic heterocycles. The molecule has 0 aromatic rings. The highest BCUT2D eigenvalue weighted by Crippen LogP contribution is 2.05. The van der Waals surface area contributed by atoms with Crippen molar-refractivity contribution >= 4 is 5.91 Å². The van der Waals surface area contributed by atoms with E-state index in [1.807, 2.05) is 0 Å². The minimum atomic E-state index is -0.0255. The lowest BCUT2D eigenvalue weighted by Crippen LogP contribution is -2.26. The molecule has 1 amide bonds. The van der Waals surface area contributed by atoms with Crippen molar-refractivity contribution < 1.29 is 9.53 Å². The first-order valence-corrected chi connectivity index (χ1v) is 2.65. The average molecular weight is 115 g/mol. The van der Waals surface area contributed by atoms with Crippen molar-refractivity contribution in [2.24, 2.45) is 0 Å². The van der Waals surface area contributed by atoms with Gasteiger partial charge in [-0.25, -0.2) is 0 Å². The van der Waals surface area contributed by atoms with Gasteiger partial charge in [0.25, 0.3) is 0 Å². The lowest BCUT2D eigenvalue weighted by molar-refractivity contribution is -0.120. The second-order valence-electron chi connectivity index (χ2n) is 1.83. The van der Waals surface area contributed by atoms with Crippen molar-refractivity contribution in [1.82, 2.24) is 5.32 Å². The molecule has 1 heterocycles. The molecule has 8 heavy (non-hydrogen) atoms. The fourth-order valence-electron chi connectivity index (χ4n) is 0.763. The van der Waals surface area contributed by atoms with Crippen molar-refractivity contribution in [3.8, 4) is 0 Å². The van der Waals surface area contributed by atoms with Gasteiger partial charge in [0.2, 0.25) is 5.91 Å². The van der Waals surface area contributed by atoms with Crippen molar-refractivity contribution in [3.63, 3.8) is 0 Å². The molecule has 0 aromatic carbocycles. The van der Waals surface area contributed by atoms with E-state index in [0.29, 0.717) is 6.42 Å². The summed E-state index contributed by atoms with van der Waals surface area (Å²) in [5.74, 6) is 0.0943. The third kappa shape index (κ3) is 0.980. The summed E-state index contributed by atoms with van der Waals surface area (Å²) in [6.07, 6.45) is 1.40. The van der Waals surface area contributed by atoms with Gasteiger partial charge in [0.1, 0.15) is 6.23 Å². The number of amides is 1. The van der Waals surface area contributed by atoms with E-state index in [9.17, 15) is 4.79 Å². The number of methoxy groups -OCH3 is 1. The maximum Gasteiger partial charge on any atom is 0.222 e. The van der Waals surface area contributed by atoms with Crippen LogP contribution in [0, 0.1) is 0 Å². The molecule has 0 spiro atoms. The number of rotatable bonds is 1. The average Bonchev–Trinajstić information content (AvgIpc) is 2.14. The molecule has 1 atom stereocenters. The predicted octanol–water partition coefficient (Wildman–Crippen LogP) is -0.131. The lowest BCUT2D eigenvalue weighted by atomic mass is 10.4. The van der Waals surface area contributed by atoms with Crippen LogP contribution in [0.25, 0.3) is 0 Å². The largest absolute Gasteiger partial charge is 0.362 e. The predicted molar refractivity (Wildman–Crippen MR) is 28.2 cm³/mol. The quantitative estimate of drug-likeness (QED) is 0.517. The van der Waals surface area contributed by atoms with Crippen LogP contribution in [0.3, 0.4) is 0 Å². The first kappa shape index (κ1) is 5.56. The molecule has 1 aliphatic rings. The molecule has 1 N–H and O–H groups in total. The fraction of sp³-hybridized carbons (Fsp3) is 0.800. The first-order chi connectivity index (χ1) is 3.83. The minimum Gasteiger partial charge on any atom is -0.362 e. The molecule has 3 nitrogen and oxygen atoms in total. The zero-order valence-electron chi connectivity index (χ0n) is 4.81. The van der Waals surface area contributed by atoms with E-state index in [1.54, 1.807) is 7.11 Å². The van der Waals surface area contributed by atoms with Crippen LogP contribution in [0.1, 0.15) is 12.8 Å². The van der Waals surface area contributed by atoms with Gasteiger partial charge in [0, 0.05) is 20.0 Å². The molecule has 0 saturated carbocycles. The summed E-state index contributed by atoms with van der Waals surface area (Å²) < 4.78 is 4.85. The number of ether oxygens (including phenoxy) is 1. The second kappa shape index (κ2) is 2.13. The summed E-state index contributed by atoms with van der Waals surface area (Å²) in [5, 5.41) is 2.64. The van der Waals surface area contributed by atoms with E-state index >= 15 is 0 Å². The van der Waals surface area contributed by atoms with Crippen LogP contribution in [0.4, 0.5) is 0 Å². The molecule has 1 rings (SSSR count). The van der Waals surface area contributed by atoms with Gasteiger partial charge in [-0.1, -0.05) is 0 Å². The molecule has 0 aromatic heterocycles. The summed E-state index contributed by atoms with van der Waals surface area (Å²) in [5.41, 5.74) is 0. The molecule has 0 radical (unpaired) electrons. The third-order valence-electron chi connectivity index (χ3n) is 1.24. The van der Waals surface area contributed by atoms with E-state index in [-0.39, 0.29) is 12.1 Å². The van der Waals surface area contributed by atoms with Crippen LogP contribution in [-0.2, 0) is 9.53 Å². The van der Waals surface area contributed by atoms with E-state index < -0.39 is 0 Å². The summed E-state index contributed by atoms with van der Waals surface area (Å²) >= 11 is 0. The van der Waals surface area contributed by atoms with Gasteiger partial charge in [-0.15, -0.1) is 0 Å². The van der Waals surface area contributed by atoms with Crippen molar-refractivity contribution in [3.05, 3.63) is 0 Å². The minimum absolute atomic E-state index is 0.0255. The highest BCUT2D eigenvalue weighted by molar-refractivity contribution is 5.78. The third-order valence-corrected chi connectivity index (χ3v) is 1.24. The van der Waals surface area contributed by atoms with Crippen LogP contribution in [0.15, 0.2) is 0 Å². The zero-order chi connectivity index (χ0) is 5.98. The molecule has 1 unspecified atom stereocenters. The van der Waals surface area contributed by atoms with Gasteiger partial charge in [0.05, 0.1) is 0 Å². The highest BCUT2D eigenvalue weighted by Gasteiger charge is 2.18. The van der Waals surface area contributed by atoms with Gasteiger partial charge in [0.15, 0.2) is 0 Å². The van der Waals surface area contributed by atoms with E-state index in [1.165, 1.54) is 0 Å². The van der Waals surface area contributed by atoms with Crippen molar-refractivity contribution in [2.75, 3.05) is 7.11 Å². The standard InChI is InChI=1S/C5H9NO2/c1-8-5-3-2-4(7)6-5/h5H,2-3H2,1H3,(H,6,7). The molecular weight excluding hydrogens is 106 g/mol. The Hall–Kier alpha value is -0.570. The zero-order valence-corrected chi connectivity index (χ0v) is 4.81. The number of hydrogen-bond acceptors (Lipinski definition) is 2. The lowest BCUT2D eigenvalue weighted by Gasteiger charge is -2.04. The van der Waals surface area contributed by atoms with Gasteiger partial charge in [-0.2, -0.15) is 0 Å². The maximum atomic E-state index is 10.4. The summed E-state index contributed by atoms with van der Waals surface area (Å²) in [7, 11) is 1.59. The van der Waals surface area contributed by atoms with Gasteiger partial charge in [-0.05, 0) is 0 Å². The van der Waals surface area contributed by atoms with Crippen LogP contribution in [0.5, 0.6) is 0 Å². The Bertz CT molecular complexity index is 103. The number of nitrogens with one attached hydrogen (secondary N) is 1. The molecule has 0 bridgehead atoms. The molecule has 0 aliphatic carbocycles. The van der Waals surface area contributed by atoms with Crippen molar-refractivity contribution in [1.29, 1.82) is 0 Å². The van der Waals surface area contributed by atoms with Crippen LogP contribution < -0.4 is 5.32 Å². The molecule has 46 valence electrons. The Kier molecular flexibility index (Phi) is 1.48. The van der Waals surface area contributed by atoms with E-state index in [4.69, 9.17) is 4.74 Å². The van der Waals surface area contributed by atoms with E-state index in [2.05, 4.69) is 5.32 Å². The monoisotopic (exact) mass is 115 g/mol. The van der Waals surface area contributed by atoms with Gasteiger partial charge >= 0.3 is 0 Å². The molecular formula is C5H9NO2. The van der Waals surface area contributed by atoms with Gasteiger partial charge in [-0.3, -0.25) is 4.79 Å². The summed E-state index contributed by atoms with van der Waals surface area (Å²) in [4.78, 5) is 10.4. The van der Waals surface area contributed by atoms with Crippen LogP contribution >= 0.6 is 0 Å². The summed E-state index contributed by atoms with van der Waals surface area (Å²) in [6, 6.07) is 0. The molecule has 1 saturated heterocycles. The van der Waals surface area contributed by atoms with Crippen LogP contribution in [-0.4, -0.2) is 19.2 Å². The Morgan fingerprint density at radius 2 is 2.62 bits per heavy atom. The highest BCUT2D eigenvalue weighted by atomic mass is 16.5. The first-order valence-electron chi connectivity index (χ1n) is 2.65. The Morgan fingerprint density at radius 3 is 2.88 bits per heavy atom. The Labute approximate surface area is 48.0 Å².